The molecule has 0 aromatic heterocycles. The van der Waals surface area contributed by atoms with E-state index in [0.717, 1.165) is 57.1 Å². The van der Waals surface area contributed by atoms with Crippen LogP contribution in [-0.4, -0.2) is 43.6 Å². The molecule has 1 aromatic carbocycles. The maximum Gasteiger partial charge on any atom is 0.222 e. The third-order valence-corrected chi connectivity index (χ3v) is 5.17. The lowest BCUT2D eigenvalue weighted by Crippen LogP contribution is -2.40. The van der Waals surface area contributed by atoms with Crippen molar-refractivity contribution in [1.82, 2.24) is 10.2 Å². The van der Waals surface area contributed by atoms with E-state index in [1.54, 1.807) is 0 Å². The molecule has 0 aliphatic carbocycles. The molecule has 1 N–H and O–H groups in total. The Morgan fingerprint density at radius 2 is 1.85 bits per heavy atom. The minimum absolute atomic E-state index is 0.158. The quantitative estimate of drug-likeness (QED) is 0.713. The molecule has 146 valence electrons. The van der Waals surface area contributed by atoms with Gasteiger partial charge in [0.2, 0.25) is 5.91 Å². The molecule has 0 radical (unpaired) electrons. The van der Waals surface area contributed by atoms with Gasteiger partial charge in [0.1, 0.15) is 5.75 Å². The van der Waals surface area contributed by atoms with Crippen LogP contribution in [0, 0.1) is 5.92 Å². The highest BCUT2D eigenvalue weighted by molar-refractivity contribution is 5.76. The second kappa shape index (κ2) is 9.96. The van der Waals surface area contributed by atoms with E-state index in [9.17, 15) is 4.79 Å². The third-order valence-electron chi connectivity index (χ3n) is 5.17. The van der Waals surface area contributed by atoms with Crippen LogP contribution in [0.4, 0.5) is 0 Å². The SMILES string of the molecule is CCNCC1CCN(C(=O)CCCOc2ccc(C(C)(C)C)cc2)CC1. The molecule has 1 heterocycles. The first-order valence-electron chi connectivity index (χ1n) is 10.1. The molecular formula is C22H36N2O2. The standard InChI is InChI=1S/C22H36N2O2/c1-5-23-17-18-12-14-24(15-13-18)21(25)7-6-16-26-20-10-8-19(9-11-20)22(2,3)4/h8-11,18,23H,5-7,12-17H2,1-4H3. The minimum Gasteiger partial charge on any atom is -0.494 e. The van der Waals surface area contributed by atoms with E-state index in [0.29, 0.717) is 13.0 Å². The van der Waals surface area contributed by atoms with Crippen LogP contribution >= 0.6 is 0 Å². The van der Waals surface area contributed by atoms with Crippen molar-refractivity contribution in [1.29, 1.82) is 0 Å². The average molecular weight is 361 g/mol. The summed E-state index contributed by atoms with van der Waals surface area (Å²) in [5.74, 6) is 1.88. The Morgan fingerprint density at radius 3 is 2.42 bits per heavy atom. The fourth-order valence-corrected chi connectivity index (χ4v) is 3.36. The Kier molecular flexibility index (Phi) is 7.95. The van der Waals surface area contributed by atoms with E-state index in [2.05, 4.69) is 45.1 Å². The number of hydrogen-bond acceptors (Lipinski definition) is 3. The van der Waals surface area contributed by atoms with Gasteiger partial charge >= 0.3 is 0 Å². The number of carbonyl (C=O) groups excluding carboxylic acids is 1. The molecule has 0 atom stereocenters. The molecule has 1 aliphatic heterocycles. The smallest absolute Gasteiger partial charge is 0.222 e. The lowest BCUT2D eigenvalue weighted by molar-refractivity contribution is -0.132. The molecule has 1 fully saturated rings. The molecule has 1 saturated heterocycles. The van der Waals surface area contributed by atoms with E-state index < -0.39 is 0 Å². The number of benzene rings is 1. The number of ether oxygens (including phenoxy) is 1. The molecule has 0 bridgehead atoms. The normalized spacial score (nSPS) is 15.9. The van der Waals surface area contributed by atoms with E-state index >= 15 is 0 Å². The van der Waals surface area contributed by atoms with Crippen LogP contribution < -0.4 is 10.1 Å². The molecule has 4 heteroatoms. The predicted octanol–water partition coefficient (Wildman–Crippen LogP) is 3.99. The first-order valence-corrected chi connectivity index (χ1v) is 10.1. The molecule has 0 unspecified atom stereocenters. The van der Waals surface area contributed by atoms with Crippen LogP contribution in [0.5, 0.6) is 5.75 Å². The van der Waals surface area contributed by atoms with Crippen LogP contribution in [0.3, 0.4) is 0 Å². The van der Waals surface area contributed by atoms with Gasteiger partial charge in [0.05, 0.1) is 6.61 Å². The van der Waals surface area contributed by atoms with Crippen molar-refractivity contribution in [3.05, 3.63) is 29.8 Å². The Morgan fingerprint density at radius 1 is 1.19 bits per heavy atom. The number of amides is 1. The Balaban J connectivity index is 1.63. The molecule has 1 amide bonds. The zero-order valence-electron chi connectivity index (χ0n) is 17.0. The van der Waals surface area contributed by atoms with Gasteiger partial charge in [-0.2, -0.15) is 0 Å². The molecule has 0 saturated carbocycles. The van der Waals surface area contributed by atoms with Gasteiger partial charge in [0.25, 0.3) is 0 Å². The minimum atomic E-state index is 0.158. The van der Waals surface area contributed by atoms with Crippen molar-refractivity contribution in [3.8, 4) is 5.75 Å². The Labute approximate surface area is 159 Å². The number of piperidine rings is 1. The van der Waals surface area contributed by atoms with E-state index in [1.807, 2.05) is 17.0 Å². The maximum absolute atomic E-state index is 12.3. The van der Waals surface area contributed by atoms with Crippen molar-refractivity contribution in [3.63, 3.8) is 0 Å². The van der Waals surface area contributed by atoms with Crippen LogP contribution in [0.25, 0.3) is 0 Å². The summed E-state index contributed by atoms with van der Waals surface area (Å²) in [6.45, 7) is 13.3. The molecule has 26 heavy (non-hydrogen) atoms. The number of nitrogens with one attached hydrogen (secondary N) is 1. The van der Waals surface area contributed by atoms with E-state index in [-0.39, 0.29) is 11.3 Å². The average Bonchev–Trinajstić information content (AvgIpc) is 2.63. The van der Waals surface area contributed by atoms with Gasteiger partial charge in [0.15, 0.2) is 0 Å². The first-order chi connectivity index (χ1) is 12.4. The Bertz CT molecular complexity index is 540. The van der Waals surface area contributed by atoms with Crippen molar-refractivity contribution < 1.29 is 9.53 Å². The summed E-state index contributed by atoms with van der Waals surface area (Å²) in [6, 6.07) is 8.30. The lowest BCUT2D eigenvalue weighted by atomic mass is 9.87. The summed E-state index contributed by atoms with van der Waals surface area (Å²) in [5, 5.41) is 3.41. The summed E-state index contributed by atoms with van der Waals surface area (Å²) in [4.78, 5) is 14.4. The van der Waals surface area contributed by atoms with Crippen LogP contribution in [-0.2, 0) is 10.2 Å². The van der Waals surface area contributed by atoms with Gasteiger partial charge in [-0.15, -0.1) is 0 Å². The summed E-state index contributed by atoms with van der Waals surface area (Å²) in [5.41, 5.74) is 1.46. The summed E-state index contributed by atoms with van der Waals surface area (Å²) in [7, 11) is 0. The van der Waals surface area contributed by atoms with Gasteiger partial charge in [-0.25, -0.2) is 0 Å². The number of likely N-dealkylation sites (tertiary alicyclic amines) is 1. The summed E-state index contributed by atoms with van der Waals surface area (Å²) in [6.07, 6.45) is 3.60. The third kappa shape index (κ3) is 6.64. The maximum atomic E-state index is 12.3. The van der Waals surface area contributed by atoms with Gasteiger partial charge < -0.3 is 15.0 Å². The topological polar surface area (TPSA) is 41.6 Å². The molecular weight excluding hydrogens is 324 g/mol. The number of nitrogens with zero attached hydrogens (tertiary/aromatic N) is 1. The van der Waals surface area contributed by atoms with Gasteiger partial charge in [-0.1, -0.05) is 39.8 Å². The van der Waals surface area contributed by atoms with Crippen molar-refractivity contribution in [2.45, 2.75) is 58.8 Å². The molecule has 2 rings (SSSR count). The largest absolute Gasteiger partial charge is 0.494 e. The summed E-state index contributed by atoms with van der Waals surface area (Å²) < 4.78 is 5.79. The Hall–Kier alpha value is -1.55. The number of rotatable bonds is 8. The number of hydrogen-bond donors (Lipinski definition) is 1. The highest BCUT2D eigenvalue weighted by atomic mass is 16.5. The van der Waals surface area contributed by atoms with Crippen molar-refractivity contribution in [2.24, 2.45) is 5.92 Å². The van der Waals surface area contributed by atoms with Crippen LogP contribution in [0.2, 0.25) is 0 Å². The highest BCUT2D eigenvalue weighted by Crippen LogP contribution is 2.24. The van der Waals surface area contributed by atoms with E-state index in [1.165, 1.54) is 5.56 Å². The van der Waals surface area contributed by atoms with Crippen LogP contribution in [0.1, 0.15) is 58.9 Å². The second-order valence-corrected chi connectivity index (χ2v) is 8.36. The highest BCUT2D eigenvalue weighted by Gasteiger charge is 2.22. The lowest BCUT2D eigenvalue weighted by Gasteiger charge is -2.32. The first kappa shape index (κ1) is 20.8. The molecule has 0 spiro atoms. The van der Waals surface area contributed by atoms with E-state index in [4.69, 9.17) is 4.74 Å². The van der Waals surface area contributed by atoms with Gasteiger partial charge in [-0.05, 0) is 61.4 Å². The van der Waals surface area contributed by atoms with Gasteiger partial charge in [-0.3, -0.25) is 4.79 Å². The van der Waals surface area contributed by atoms with Crippen molar-refractivity contribution >= 4 is 5.91 Å². The zero-order chi connectivity index (χ0) is 19.0. The zero-order valence-corrected chi connectivity index (χ0v) is 17.0. The second-order valence-electron chi connectivity index (χ2n) is 8.36. The fraction of sp³-hybridized carbons (Fsp3) is 0.682. The predicted molar refractivity (Wildman–Crippen MR) is 108 cm³/mol. The monoisotopic (exact) mass is 360 g/mol. The molecule has 4 nitrogen and oxygen atoms in total. The summed E-state index contributed by atoms with van der Waals surface area (Å²) >= 11 is 0. The molecule has 1 aliphatic rings. The molecule has 1 aromatic rings. The number of carbonyl (C=O) groups is 1. The fourth-order valence-electron chi connectivity index (χ4n) is 3.36. The van der Waals surface area contributed by atoms with Gasteiger partial charge in [0, 0.05) is 19.5 Å². The van der Waals surface area contributed by atoms with Crippen LogP contribution in [0.15, 0.2) is 24.3 Å². The van der Waals surface area contributed by atoms with Crippen molar-refractivity contribution in [2.75, 3.05) is 32.8 Å².